The van der Waals surface area contributed by atoms with E-state index in [2.05, 4.69) is 13.8 Å². The second-order valence-corrected chi connectivity index (χ2v) is 5.34. The Hall–Kier alpha value is -0.830. The van der Waals surface area contributed by atoms with Crippen LogP contribution < -0.4 is 10.5 Å². The number of ether oxygens (including phenoxy) is 1. The largest absolute Gasteiger partial charge is 0.491 e. The van der Waals surface area contributed by atoms with Gasteiger partial charge in [-0.05, 0) is 29.6 Å². The zero-order valence-electron chi connectivity index (χ0n) is 9.40. The summed E-state index contributed by atoms with van der Waals surface area (Å²) in [5.74, 6) is 1.94. The van der Waals surface area contributed by atoms with Crippen LogP contribution >= 0.6 is 11.8 Å². The van der Waals surface area contributed by atoms with Gasteiger partial charge in [-0.3, -0.25) is 0 Å². The Bertz CT molecular complexity index is 289. The highest BCUT2D eigenvalue weighted by atomic mass is 32.2. The van der Waals surface area contributed by atoms with Gasteiger partial charge in [-0.1, -0.05) is 26.0 Å². The molecule has 1 aromatic carbocycles. The van der Waals surface area contributed by atoms with Crippen LogP contribution in [0.1, 0.15) is 20.3 Å². The van der Waals surface area contributed by atoms with Crippen molar-refractivity contribution >= 4 is 17.4 Å². The molecular weight excluding hydrogens is 206 g/mol. The lowest BCUT2D eigenvalue weighted by Gasteiger charge is -2.08. The number of hydrogen-bond acceptors (Lipinski definition) is 3. The molecule has 1 rings (SSSR count). The molecular formula is C12H19NOS. The van der Waals surface area contributed by atoms with E-state index >= 15 is 0 Å². The molecule has 0 unspecified atom stereocenters. The van der Waals surface area contributed by atoms with E-state index in [0.29, 0.717) is 10.9 Å². The van der Waals surface area contributed by atoms with Gasteiger partial charge in [0.05, 0.1) is 12.3 Å². The number of para-hydroxylation sites is 2. The first-order chi connectivity index (χ1) is 7.20. The van der Waals surface area contributed by atoms with Crippen LogP contribution in [0.2, 0.25) is 0 Å². The lowest BCUT2D eigenvalue weighted by atomic mass is 10.3. The summed E-state index contributed by atoms with van der Waals surface area (Å²) in [5, 5.41) is 0.701. The maximum absolute atomic E-state index is 5.75. The van der Waals surface area contributed by atoms with E-state index in [4.69, 9.17) is 10.5 Å². The van der Waals surface area contributed by atoms with Crippen molar-refractivity contribution in [2.75, 3.05) is 18.1 Å². The van der Waals surface area contributed by atoms with E-state index in [1.165, 1.54) is 0 Å². The molecule has 2 nitrogen and oxygen atoms in total. The third kappa shape index (κ3) is 4.98. The Morgan fingerprint density at radius 3 is 2.73 bits per heavy atom. The number of hydrogen-bond donors (Lipinski definition) is 1. The minimum Gasteiger partial charge on any atom is -0.491 e. The number of nitrogens with two attached hydrogens (primary N) is 1. The van der Waals surface area contributed by atoms with Gasteiger partial charge in [-0.15, -0.1) is 0 Å². The number of nitrogen functional groups attached to an aromatic ring is 1. The molecule has 0 radical (unpaired) electrons. The van der Waals surface area contributed by atoms with Crippen molar-refractivity contribution in [1.82, 2.24) is 0 Å². The van der Waals surface area contributed by atoms with E-state index in [9.17, 15) is 0 Å². The van der Waals surface area contributed by atoms with Crippen LogP contribution in [0.4, 0.5) is 5.69 Å². The van der Waals surface area contributed by atoms with Gasteiger partial charge in [-0.25, -0.2) is 0 Å². The first kappa shape index (κ1) is 12.2. The molecule has 0 aliphatic rings. The Kier molecular flexibility index (Phi) is 5.40. The molecule has 0 aromatic heterocycles. The molecule has 84 valence electrons. The average Bonchev–Trinajstić information content (AvgIpc) is 2.20. The Morgan fingerprint density at radius 2 is 2.07 bits per heavy atom. The topological polar surface area (TPSA) is 35.2 Å². The number of anilines is 1. The van der Waals surface area contributed by atoms with E-state index < -0.39 is 0 Å². The Balaban J connectivity index is 2.18. The van der Waals surface area contributed by atoms with E-state index in [1.54, 1.807) is 0 Å². The van der Waals surface area contributed by atoms with E-state index in [1.807, 2.05) is 36.0 Å². The molecule has 2 N–H and O–H groups in total. The monoisotopic (exact) mass is 225 g/mol. The van der Waals surface area contributed by atoms with Gasteiger partial charge < -0.3 is 10.5 Å². The number of thioether (sulfide) groups is 1. The lowest BCUT2D eigenvalue weighted by Crippen LogP contribution is -2.02. The molecule has 0 spiro atoms. The summed E-state index contributed by atoms with van der Waals surface area (Å²) in [6, 6.07) is 7.62. The zero-order valence-corrected chi connectivity index (χ0v) is 10.2. The third-order valence-electron chi connectivity index (χ3n) is 1.92. The molecule has 0 amide bonds. The highest BCUT2D eigenvalue weighted by Crippen LogP contribution is 2.20. The van der Waals surface area contributed by atoms with Crippen LogP contribution in [0.15, 0.2) is 24.3 Å². The predicted molar refractivity (Wildman–Crippen MR) is 68.6 cm³/mol. The predicted octanol–water partition coefficient (Wildman–Crippen LogP) is 3.18. The van der Waals surface area contributed by atoms with E-state index in [0.717, 1.165) is 24.5 Å². The molecule has 0 bridgehead atoms. The van der Waals surface area contributed by atoms with Crippen molar-refractivity contribution in [2.24, 2.45) is 0 Å². The zero-order chi connectivity index (χ0) is 11.1. The number of benzene rings is 1. The summed E-state index contributed by atoms with van der Waals surface area (Å²) in [6.45, 7) is 5.16. The van der Waals surface area contributed by atoms with Crippen molar-refractivity contribution in [3.8, 4) is 5.75 Å². The summed E-state index contributed by atoms with van der Waals surface area (Å²) in [4.78, 5) is 0. The van der Waals surface area contributed by atoms with Crippen LogP contribution in [0.3, 0.4) is 0 Å². The fraction of sp³-hybridized carbons (Fsp3) is 0.500. The third-order valence-corrected chi connectivity index (χ3v) is 3.11. The van der Waals surface area contributed by atoms with Gasteiger partial charge in [-0.2, -0.15) is 11.8 Å². The first-order valence-electron chi connectivity index (χ1n) is 5.29. The second-order valence-electron chi connectivity index (χ2n) is 3.66. The Labute approximate surface area is 96.2 Å². The van der Waals surface area contributed by atoms with Crippen LogP contribution in [0.5, 0.6) is 5.75 Å². The lowest BCUT2D eigenvalue weighted by molar-refractivity contribution is 0.320. The van der Waals surface area contributed by atoms with Crippen LogP contribution in [0, 0.1) is 0 Å². The highest BCUT2D eigenvalue weighted by molar-refractivity contribution is 7.99. The summed E-state index contributed by atoms with van der Waals surface area (Å²) in [5.41, 5.74) is 6.47. The molecule has 0 saturated carbocycles. The molecule has 3 heteroatoms. The van der Waals surface area contributed by atoms with Gasteiger partial charge in [0.1, 0.15) is 5.75 Å². The molecule has 1 aromatic rings. The van der Waals surface area contributed by atoms with Crippen LogP contribution in [0.25, 0.3) is 0 Å². The van der Waals surface area contributed by atoms with Gasteiger partial charge in [0.15, 0.2) is 0 Å². The first-order valence-corrected chi connectivity index (χ1v) is 6.34. The van der Waals surface area contributed by atoms with Gasteiger partial charge in [0.2, 0.25) is 0 Å². The molecule has 0 fully saturated rings. The molecule has 0 heterocycles. The normalized spacial score (nSPS) is 10.6. The fourth-order valence-corrected chi connectivity index (χ4v) is 1.93. The highest BCUT2D eigenvalue weighted by Gasteiger charge is 1.98. The van der Waals surface area contributed by atoms with Crippen molar-refractivity contribution in [3.05, 3.63) is 24.3 Å². The maximum Gasteiger partial charge on any atom is 0.142 e. The van der Waals surface area contributed by atoms with Crippen molar-refractivity contribution in [1.29, 1.82) is 0 Å². The Morgan fingerprint density at radius 1 is 1.33 bits per heavy atom. The standard InChI is InChI=1S/C12H19NOS/c1-10(2)15-9-5-8-14-12-7-4-3-6-11(12)13/h3-4,6-7,10H,5,8-9,13H2,1-2H3. The molecule has 0 saturated heterocycles. The molecule has 0 aliphatic heterocycles. The van der Waals surface area contributed by atoms with Crippen molar-refractivity contribution in [3.63, 3.8) is 0 Å². The molecule has 0 atom stereocenters. The van der Waals surface area contributed by atoms with Gasteiger partial charge in [0, 0.05) is 0 Å². The summed E-state index contributed by atoms with van der Waals surface area (Å²) < 4.78 is 5.58. The summed E-state index contributed by atoms with van der Waals surface area (Å²) in [7, 11) is 0. The number of rotatable bonds is 6. The van der Waals surface area contributed by atoms with Crippen molar-refractivity contribution in [2.45, 2.75) is 25.5 Å². The van der Waals surface area contributed by atoms with Gasteiger partial charge in [0.25, 0.3) is 0 Å². The summed E-state index contributed by atoms with van der Waals surface area (Å²) in [6.07, 6.45) is 1.07. The fourth-order valence-electron chi connectivity index (χ4n) is 1.17. The SMILES string of the molecule is CC(C)SCCCOc1ccccc1N. The smallest absolute Gasteiger partial charge is 0.142 e. The molecule has 0 aliphatic carbocycles. The summed E-state index contributed by atoms with van der Waals surface area (Å²) >= 11 is 1.96. The van der Waals surface area contributed by atoms with E-state index in [-0.39, 0.29) is 0 Å². The maximum atomic E-state index is 5.75. The van der Waals surface area contributed by atoms with Crippen LogP contribution in [-0.4, -0.2) is 17.6 Å². The second kappa shape index (κ2) is 6.62. The quantitative estimate of drug-likeness (QED) is 0.596. The minimum absolute atomic E-state index is 0.701. The molecule has 15 heavy (non-hydrogen) atoms. The van der Waals surface area contributed by atoms with Gasteiger partial charge >= 0.3 is 0 Å². The minimum atomic E-state index is 0.701. The van der Waals surface area contributed by atoms with Crippen molar-refractivity contribution < 1.29 is 4.74 Å². The average molecular weight is 225 g/mol. The van der Waals surface area contributed by atoms with Crippen LogP contribution in [-0.2, 0) is 0 Å².